The summed E-state index contributed by atoms with van der Waals surface area (Å²) >= 11 is 0. The molecule has 0 unspecified atom stereocenters. The smallest absolute Gasteiger partial charge is 0.0700 e. The Labute approximate surface area is 86.9 Å². The van der Waals surface area contributed by atoms with E-state index in [2.05, 4.69) is 0 Å². The number of hydrogen-bond acceptors (Lipinski definition) is 3. The lowest BCUT2D eigenvalue weighted by Crippen LogP contribution is -2.42. The average molecular weight is 201 g/mol. The van der Waals surface area contributed by atoms with E-state index in [1.807, 2.05) is 0 Å². The fraction of sp³-hybridized carbons (Fsp3) is 1.00. The summed E-state index contributed by atoms with van der Waals surface area (Å²) < 4.78 is 10.3. The number of methoxy groups -OCH3 is 1. The van der Waals surface area contributed by atoms with Gasteiger partial charge in [-0.2, -0.15) is 0 Å². The Morgan fingerprint density at radius 2 is 1.79 bits per heavy atom. The van der Waals surface area contributed by atoms with Crippen LogP contribution in [0.2, 0.25) is 0 Å². The van der Waals surface area contributed by atoms with Crippen molar-refractivity contribution in [3.05, 3.63) is 0 Å². The molecule has 1 fully saturated rings. The third-order valence-electron chi connectivity index (χ3n) is 3.03. The van der Waals surface area contributed by atoms with Gasteiger partial charge in [-0.25, -0.2) is 0 Å². The van der Waals surface area contributed by atoms with Crippen molar-refractivity contribution in [3.8, 4) is 0 Å². The first-order chi connectivity index (χ1) is 6.77. The molecule has 0 aromatic carbocycles. The Bertz CT molecular complexity index is 144. The summed E-state index contributed by atoms with van der Waals surface area (Å²) in [6, 6.07) is 0. The fourth-order valence-electron chi connectivity index (χ4n) is 2.03. The minimum Gasteiger partial charge on any atom is -0.382 e. The maximum absolute atomic E-state index is 6.26. The maximum Gasteiger partial charge on any atom is 0.0700 e. The predicted molar refractivity (Wildman–Crippen MR) is 57.3 cm³/mol. The molecule has 2 N–H and O–H groups in total. The minimum atomic E-state index is 0.0608. The van der Waals surface area contributed by atoms with E-state index in [0.717, 1.165) is 13.0 Å². The second-order valence-corrected chi connectivity index (χ2v) is 4.28. The van der Waals surface area contributed by atoms with E-state index in [4.69, 9.17) is 15.2 Å². The van der Waals surface area contributed by atoms with E-state index in [1.54, 1.807) is 7.11 Å². The Balaban J connectivity index is 2.03. The van der Waals surface area contributed by atoms with Crippen LogP contribution in [0, 0.1) is 0 Å². The Morgan fingerprint density at radius 1 is 1.07 bits per heavy atom. The molecule has 14 heavy (non-hydrogen) atoms. The van der Waals surface area contributed by atoms with Crippen molar-refractivity contribution in [1.29, 1.82) is 0 Å². The van der Waals surface area contributed by atoms with Crippen LogP contribution in [0.3, 0.4) is 0 Å². The molecular formula is C11H23NO2. The molecule has 0 saturated heterocycles. The molecular weight excluding hydrogens is 178 g/mol. The normalized spacial score (nSPS) is 21.0. The highest BCUT2D eigenvalue weighted by molar-refractivity contribution is 4.86. The van der Waals surface area contributed by atoms with E-state index < -0.39 is 0 Å². The van der Waals surface area contributed by atoms with Crippen molar-refractivity contribution in [2.75, 3.05) is 26.9 Å². The standard InChI is InChI=1S/C11H23NO2/c1-13-9-10-14-8-7-11(12)5-3-2-4-6-11/h2-10,12H2,1H3. The minimum absolute atomic E-state index is 0.0608. The zero-order chi connectivity index (χ0) is 10.3. The van der Waals surface area contributed by atoms with Gasteiger partial charge in [0.15, 0.2) is 0 Å². The van der Waals surface area contributed by atoms with Gasteiger partial charge >= 0.3 is 0 Å². The molecule has 84 valence electrons. The molecule has 0 radical (unpaired) electrons. The topological polar surface area (TPSA) is 44.5 Å². The summed E-state index contributed by atoms with van der Waals surface area (Å²) in [4.78, 5) is 0. The summed E-state index contributed by atoms with van der Waals surface area (Å²) in [5, 5.41) is 0. The number of rotatable bonds is 6. The van der Waals surface area contributed by atoms with Gasteiger partial charge < -0.3 is 15.2 Å². The van der Waals surface area contributed by atoms with E-state index in [1.165, 1.54) is 32.1 Å². The predicted octanol–water partition coefficient (Wildman–Crippen LogP) is 1.70. The molecule has 0 aromatic heterocycles. The molecule has 0 aliphatic heterocycles. The van der Waals surface area contributed by atoms with Crippen LogP contribution in [0.15, 0.2) is 0 Å². The van der Waals surface area contributed by atoms with Gasteiger partial charge in [-0.05, 0) is 19.3 Å². The zero-order valence-electron chi connectivity index (χ0n) is 9.26. The van der Waals surface area contributed by atoms with E-state index in [0.29, 0.717) is 13.2 Å². The van der Waals surface area contributed by atoms with Gasteiger partial charge in [0.2, 0.25) is 0 Å². The molecule has 1 aliphatic rings. The van der Waals surface area contributed by atoms with Gasteiger partial charge in [0.25, 0.3) is 0 Å². The number of nitrogens with two attached hydrogens (primary N) is 1. The van der Waals surface area contributed by atoms with Gasteiger partial charge in [-0.15, -0.1) is 0 Å². The van der Waals surface area contributed by atoms with Crippen LogP contribution < -0.4 is 5.73 Å². The summed E-state index contributed by atoms with van der Waals surface area (Å²) in [6.07, 6.45) is 7.25. The van der Waals surface area contributed by atoms with Gasteiger partial charge in [0.05, 0.1) is 13.2 Å². The molecule has 0 bridgehead atoms. The molecule has 1 aliphatic carbocycles. The van der Waals surface area contributed by atoms with Gasteiger partial charge in [-0.3, -0.25) is 0 Å². The van der Waals surface area contributed by atoms with Crippen LogP contribution in [-0.4, -0.2) is 32.5 Å². The average Bonchev–Trinajstić information content (AvgIpc) is 2.18. The van der Waals surface area contributed by atoms with Crippen molar-refractivity contribution in [1.82, 2.24) is 0 Å². The lowest BCUT2D eigenvalue weighted by Gasteiger charge is -2.33. The van der Waals surface area contributed by atoms with Crippen LogP contribution in [0.25, 0.3) is 0 Å². The third-order valence-corrected chi connectivity index (χ3v) is 3.03. The highest BCUT2D eigenvalue weighted by atomic mass is 16.5. The van der Waals surface area contributed by atoms with E-state index >= 15 is 0 Å². The van der Waals surface area contributed by atoms with Crippen LogP contribution in [0.1, 0.15) is 38.5 Å². The molecule has 0 amide bonds. The molecule has 0 aromatic rings. The maximum atomic E-state index is 6.26. The molecule has 3 nitrogen and oxygen atoms in total. The van der Waals surface area contributed by atoms with Crippen molar-refractivity contribution in [2.45, 2.75) is 44.1 Å². The SMILES string of the molecule is COCCOCCC1(N)CCCCC1. The largest absolute Gasteiger partial charge is 0.382 e. The van der Waals surface area contributed by atoms with Gasteiger partial charge in [0.1, 0.15) is 0 Å². The van der Waals surface area contributed by atoms with Crippen LogP contribution in [0.4, 0.5) is 0 Å². The molecule has 0 heterocycles. The summed E-state index contributed by atoms with van der Waals surface area (Å²) in [5.74, 6) is 0. The Kier molecular flexibility index (Phi) is 5.45. The fourth-order valence-corrected chi connectivity index (χ4v) is 2.03. The highest BCUT2D eigenvalue weighted by Crippen LogP contribution is 2.28. The van der Waals surface area contributed by atoms with E-state index in [9.17, 15) is 0 Å². The lowest BCUT2D eigenvalue weighted by molar-refractivity contribution is 0.0574. The third kappa shape index (κ3) is 4.40. The molecule has 0 spiro atoms. The van der Waals surface area contributed by atoms with Gasteiger partial charge in [0, 0.05) is 19.3 Å². The quantitative estimate of drug-likeness (QED) is 0.665. The first-order valence-electron chi connectivity index (χ1n) is 5.62. The number of ether oxygens (including phenoxy) is 2. The zero-order valence-corrected chi connectivity index (χ0v) is 9.26. The first-order valence-corrected chi connectivity index (χ1v) is 5.62. The number of hydrogen-bond donors (Lipinski definition) is 1. The first kappa shape index (κ1) is 12.0. The monoisotopic (exact) mass is 201 g/mol. The molecule has 3 heteroatoms. The van der Waals surface area contributed by atoms with Crippen molar-refractivity contribution >= 4 is 0 Å². The van der Waals surface area contributed by atoms with E-state index in [-0.39, 0.29) is 5.54 Å². The Morgan fingerprint density at radius 3 is 2.43 bits per heavy atom. The van der Waals surface area contributed by atoms with Crippen LogP contribution in [-0.2, 0) is 9.47 Å². The summed E-state index contributed by atoms with van der Waals surface area (Å²) in [7, 11) is 1.69. The van der Waals surface area contributed by atoms with Crippen LogP contribution >= 0.6 is 0 Å². The molecule has 1 saturated carbocycles. The second-order valence-electron chi connectivity index (χ2n) is 4.28. The van der Waals surface area contributed by atoms with Gasteiger partial charge in [-0.1, -0.05) is 19.3 Å². The summed E-state index contributed by atoms with van der Waals surface area (Å²) in [5.41, 5.74) is 6.32. The molecule has 0 atom stereocenters. The second kappa shape index (κ2) is 6.38. The van der Waals surface area contributed by atoms with Crippen molar-refractivity contribution < 1.29 is 9.47 Å². The Hall–Kier alpha value is -0.120. The lowest BCUT2D eigenvalue weighted by atomic mass is 9.80. The van der Waals surface area contributed by atoms with Crippen molar-refractivity contribution in [3.63, 3.8) is 0 Å². The van der Waals surface area contributed by atoms with Crippen LogP contribution in [0.5, 0.6) is 0 Å². The summed E-state index contributed by atoms with van der Waals surface area (Å²) in [6.45, 7) is 2.14. The molecule has 1 rings (SSSR count). The highest BCUT2D eigenvalue weighted by Gasteiger charge is 2.26. The van der Waals surface area contributed by atoms with Crippen molar-refractivity contribution in [2.24, 2.45) is 5.73 Å².